The fourth-order valence-corrected chi connectivity index (χ4v) is 1.39. The van der Waals surface area contributed by atoms with Gasteiger partial charge in [-0.05, 0) is 24.4 Å². The highest BCUT2D eigenvalue weighted by atomic mass is 35.5. The normalized spacial score (nSPS) is 10.6. The van der Waals surface area contributed by atoms with E-state index in [-0.39, 0.29) is 0 Å². The second-order valence-corrected chi connectivity index (χ2v) is 3.12. The molecular formula is C8H14ClN3. The van der Waals surface area contributed by atoms with Gasteiger partial charge < -0.3 is 4.57 Å². The summed E-state index contributed by atoms with van der Waals surface area (Å²) in [5.41, 5.74) is 0. The van der Waals surface area contributed by atoms with E-state index in [0.717, 1.165) is 31.6 Å². The lowest BCUT2D eigenvalue weighted by molar-refractivity contribution is 0.631. The molecule has 1 aromatic heterocycles. The van der Waals surface area contributed by atoms with Crippen molar-refractivity contribution >= 4 is 11.6 Å². The molecule has 0 bridgehead atoms. The first kappa shape index (κ1) is 9.52. The van der Waals surface area contributed by atoms with Crippen molar-refractivity contribution in [1.29, 1.82) is 0 Å². The van der Waals surface area contributed by atoms with Gasteiger partial charge in [0.25, 0.3) is 0 Å². The number of hydrogen-bond donors (Lipinski definition) is 0. The molecule has 0 atom stereocenters. The predicted molar refractivity (Wildman–Crippen MR) is 49.3 cm³/mol. The summed E-state index contributed by atoms with van der Waals surface area (Å²) in [5.74, 6) is 1.00. The van der Waals surface area contributed by atoms with Gasteiger partial charge in [0, 0.05) is 13.0 Å². The molecule has 68 valence electrons. The predicted octanol–water partition coefficient (Wildman–Crippen LogP) is 2.29. The van der Waals surface area contributed by atoms with Crippen LogP contribution in [0.15, 0.2) is 0 Å². The standard InChI is InChI=1S/C8H14ClN3/c1-3-5-7-10-11-8(9)12(7)6-4-2/h3-6H2,1-2H3. The van der Waals surface area contributed by atoms with Crippen LogP contribution in [0.3, 0.4) is 0 Å². The summed E-state index contributed by atoms with van der Waals surface area (Å²) in [5, 5.41) is 8.35. The van der Waals surface area contributed by atoms with Gasteiger partial charge in [0.2, 0.25) is 5.28 Å². The lowest BCUT2D eigenvalue weighted by atomic mass is 10.3. The summed E-state index contributed by atoms with van der Waals surface area (Å²) in [7, 11) is 0. The number of hydrogen-bond acceptors (Lipinski definition) is 2. The first-order chi connectivity index (χ1) is 5.79. The van der Waals surface area contributed by atoms with Crippen molar-refractivity contribution in [3.8, 4) is 0 Å². The van der Waals surface area contributed by atoms with Gasteiger partial charge in [0.15, 0.2) is 0 Å². The van der Waals surface area contributed by atoms with Crippen molar-refractivity contribution in [2.24, 2.45) is 0 Å². The van der Waals surface area contributed by atoms with Gasteiger partial charge in [0.05, 0.1) is 0 Å². The summed E-state index contributed by atoms with van der Waals surface area (Å²) in [6.45, 7) is 5.16. The van der Waals surface area contributed by atoms with Crippen LogP contribution in [0, 0.1) is 0 Å². The van der Waals surface area contributed by atoms with E-state index in [4.69, 9.17) is 11.6 Å². The Balaban J connectivity index is 2.80. The zero-order valence-corrected chi connectivity index (χ0v) is 8.30. The van der Waals surface area contributed by atoms with Crippen LogP contribution in [-0.4, -0.2) is 14.8 Å². The average Bonchev–Trinajstić information content (AvgIpc) is 2.37. The number of halogens is 1. The Hall–Kier alpha value is -0.570. The zero-order valence-electron chi connectivity index (χ0n) is 7.55. The molecule has 1 aromatic rings. The molecule has 4 heteroatoms. The van der Waals surface area contributed by atoms with Crippen LogP contribution in [0.4, 0.5) is 0 Å². The van der Waals surface area contributed by atoms with Crippen LogP contribution >= 0.6 is 11.6 Å². The van der Waals surface area contributed by atoms with E-state index in [1.54, 1.807) is 0 Å². The monoisotopic (exact) mass is 187 g/mol. The molecule has 0 fully saturated rings. The van der Waals surface area contributed by atoms with Crippen molar-refractivity contribution in [3.05, 3.63) is 11.1 Å². The minimum Gasteiger partial charge on any atom is -0.302 e. The molecule has 0 saturated heterocycles. The molecule has 0 radical (unpaired) electrons. The van der Waals surface area contributed by atoms with Crippen molar-refractivity contribution in [2.45, 2.75) is 39.7 Å². The van der Waals surface area contributed by atoms with Crippen LogP contribution in [-0.2, 0) is 13.0 Å². The summed E-state index contributed by atoms with van der Waals surface area (Å²) >= 11 is 5.85. The van der Waals surface area contributed by atoms with E-state index in [9.17, 15) is 0 Å². The lowest BCUT2D eigenvalue weighted by Crippen LogP contribution is -2.03. The number of aromatic nitrogens is 3. The van der Waals surface area contributed by atoms with Gasteiger partial charge in [-0.15, -0.1) is 10.2 Å². The minimum atomic E-state index is 0.514. The SMILES string of the molecule is CCCc1nnc(Cl)n1CCC. The Bertz CT molecular complexity index is 244. The molecule has 0 spiro atoms. The second kappa shape index (κ2) is 4.45. The molecule has 0 unspecified atom stereocenters. The van der Waals surface area contributed by atoms with Crippen LogP contribution in [0.2, 0.25) is 5.28 Å². The summed E-state index contributed by atoms with van der Waals surface area (Å²) in [6, 6.07) is 0. The minimum absolute atomic E-state index is 0.514. The molecule has 1 heterocycles. The van der Waals surface area contributed by atoms with Gasteiger partial charge in [-0.2, -0.15) is 0 Å². The molecule has 0 amide bonds. The van der Waals surface area contributed by atoms with E-state index in [2.05, 4.69) is 24.0 Å². The van der Waals surface area contributed by atoms with Crippen molar-refractivity contribution in [3.63, 3.8) is 0 Å². The van der Waals surface area contributed by atoms with Gasteiger partial charge >= 0.3 is 0 Å². The molecule has 0 aliphatic rings. The van der Waals surface area contributed by atoms with E-state index in [1.165, 1.54) is 0 Å². The quantitative estimate of drug-likeness (QED) is 0.724. The Morgan fingerprint density at radius 1 is 1.25 bits per heavy atom. The molecule has 3 nitrogen and oxygen atoms in total. The summed E-state index contributed by atoms with van der Waals surface area (Å²) < 4.78 is 1.98. The average molecular weight is 188 g/mol. The summed E-state index contributed by atoms with van der Waals surface area (Å²) in [6.07, 6.45) is 3.10. The molecule has 0 aliphatic heterocycles. The van der Waals surface area contributed by atoms with Crippen LogP contribution in [0.5, 0.6) is 0 Å². The van der Waals surface area contributed by atoms with Crippen molar-refractivity contribution < 1.29 is 0 Å². The van der Waals surface area contributed by atoms with Gasteiger partial charge in [0.1, 0.15) is 5.82 Å². The smallest absolute Gasteiger partial charge is 0.225 e. The number of rotatable bonds is 4. The molecule has 0 saturated carbocycles. The Morgan fingerprint density at radius 2 is 2.00 bits per heavy atom. The maximum absolute atomic E-state index is 5.85. The first-order valence-electron chi connectivity index (χ1n) is 4.37. The molecule has 0 N–H and O–H groups in total. The van der Waals surface area contributed by atoms with E-state index < -0.39 is 0 Å². The Kier molecular flexibility index (Phi) is 3.53. The van der Waals surface area contributed by atoms with Crippen molar-refractivity contribution in [1.82, 2.24) is 14.8 Å². The Labute approximate surface area is 77.8 Å². The Morgan fingerprint density at radius 3 is 2.58 bits per heavy atom. The van der Waals surface area contributed by atoms with Gasteiger partial charge in [-0.25, -0.2) is 0 Å². The third-order valence-corrected chi connectivity index (χ3v) is 1.98. The maximum Gasteiger partial charge on any atom is 0.225 e. The van der Waals surface area contributed by atoms with Crippen LogP contribution < -0.4 is 0 Å². The lowest BCUT2D eigenvalue weighted by Gasteiger charge is -2.03. The summed E-state index contributed by atoms with van der Waals surface area (Å²) in [4.78, 5) is 0. The highest BCUT2D eigenvalue weighted by Gasteiger charge is 2.07. The topological polar surface area (TPSA) is 30.7 Å². The van der Waals surface area contributed by atoms with E-state index >= 15 is 0 Å². The molecule has 0 aromatic carbocycles. The largest absolute Gasteiger partial charge is 0.302 e. The highest BCUT2D eigenvalue weighted by Crippen LogP contribution is 2.10. The zero-order chi connectivity index (χ0) is 8.97. The van der Waals surface area contributed by atoms with E-state index in [1.807, 2.05) is 4.57 Å². The molecule has 12 heavy (non-hydrogen) atoms. The van der Waals surface area contributed by atoms with Crippen molar-refractivity contribution in [2.75, 3.05) is 0 Å². The third-order valence-electron chi connectivity index (χ3n) is 1.70. The van der Waals surface area contributed by atoms with Gasteiger partial charge in [-0.1, -0.05) is 13.8 Å². The first-order valence-corrected chi connectivity index (χ1v) is 4.75. The molecule has 1 rings (SSSR count). The fraction of sp³-hybridized carbons (Fsp3) is 0.750. The molecular weight excluding hydrogens is 174 g/mol. The highest BCUT2D eigenvalue weighted by molar-refractivity contribution is 6.28. The molecule has 0 aliphatic carbocycles. The third kappa shape index (κ3) is 1.97. The van der Waals surface area contributed by atoms with E-state index in [0.29, 0.717) is 5.28 Å². The number of nitrogens with zero attached hydrogens (tertiary/aromatic N) is 3. The number of aryl methyl sites for hydroxylation is 1. The van der Waals surface area contributed by atoms with Crippen LogP contribution in [0.1, 0.15) is 32.5 Å². The second-order valence-electron chi connectivity index (χ2n) is 2.79. The maximum atomic E-state index is 5.85. The van der Waals surface area contributed by atoms with Gasteiger partial charge in [-0.3, -0.25) is 0 Å². The van der Waals surface area contributed by atoms with Crippen LogP contribution in [0.25, 0.3) is 0 Å². The fourth-order valence-electron chi connectivity index (χ4n) is 1.17.